The molecule has 1 aromatic carbocycles. The van der Waals surface area contributed by atoms with Crippen LogP contribution in [0.3, 0.4) is 0 Å². The van der Waals surface area contributed by atoms with E-state index in [9.17, 15) is 0 Å². The molecule has 1 aromatic heterocycles. The van der Waals surface area contributed by atoms with Gasteiger partial charge < -0.3 is 11.5 Å². The van der Waals surface area contributed by atoms with Crippen LogP contribution in [0.5, 0.6) is 0 Å². The first-order chi connectivity index (χ1) is 8.72. The summed E-state index contributed by atoms with van der Waals surface area (Å²) >= 11 is 0. The molecule has 0 aliphatic heterocycles. The van der Waals surface area contributed by atoms with Crippen LogP contribution in [0.2, 0.25) is 0 Å². The lowest BCUT2D eigenvalue weighted by molar-refractivity contribution is 0.792. The number of nitrogens with two attached hydrogens (primary N) is 2. The van der Waals surface area contributed by atoms with Gasteiger partial charge in [0.1, 0.15) is 5.82 Å². The van der Waals surface area contributed by atoms with Crippen LogP contribution in [0.4, 0.5) is 11.8 Å². The first kappa shape index (κ1) is 12.4. The standard InChI is InChI=1S/C14H18N4/c1-2-3-9-11-12(10-7-5-4-6-8-10)17-14(16)18-13(11)15/h4-8H,2-3,9H2,1H3,(H4,15,16,17,18). The molecule has 0 unspecified atom stereocenters. The van der Waals surface area contributed by atoms with Gasteiger partial charge in [0.15, 0.2) is 0 Å². The van der Waals surface area contributed by atoms with Crippen molar-refractivity contribution in [2.75, 3.05) is 11.5 Å². The van der Waals surface area contributed by atoms with Crippen molar-refractivity contribution < 1.29 is 0 Å². The normalized spacial score (nSPS) is 10.5. The Morgan fingerprint density at radius 3 is 2.44 bits per heavy atom. The van der Waals surface area contributed by atoms with E-state index in [0.29, 0.717) is 5.82 Å². The molecule has 0 fully saturated rings. The van der Waals surface area contributed by atoms with Crippen LogP contribution in [0.15, 0.2) is 30.3 Å². The lowest BCUT2D eigenvalue weighted by atomic mass is 10.0. The number of nitrogens with zero attached hydrogens (tertiary/aromatic N) is 2. The lowest BCUT2D eigenvalue weighted by Crippen LogP contribution is -2.07. The predicted octanol–water partition coefficient (Wildman–Crippen LogP) is 2.65. The van der Waals surface area contributed by atoms with Crippen molar-refractivity contribution in [3.05, 3.63) is 35.9 Å². The average molecular weight is 242 g/mol. The van der Waals surface area contributed by atoms with Gasteiger partial charge in [0.25, 0.3) is 0 Å². The fourth-order valence-corrected chi connectivity index (χ4v) is 1.95. The van der Waals surface area contributed by atoms with E-state index >= 15 is 0 Å². The van der Waals surface area contributed by atoms with E-state index in [2.05, 4.69) is 16.9 Å². The van der Waals surface area contributed by atoms with Crippen LogP contribution >= 0.6 is 0 Å². The summed E-state index contributed by atoms with van der Waals surface area (Å²) in [4.78, 5) is 8.40. The summed E-state index contributed by atoms with van der Waals surface area (Å²) in [6.45, 7) is 2.15. The van der Waals surface area contributed by atoms with Crippen LogP contribution in [0.25, 0.3) is 11.3 Å². The second-order valence-electron chi connectivity index (χ2n) is 4.26. The summed E-state index contributed by atoms with van der Waals surface area (Å²) in [5.41, 5.74) is 14.5. The number of unbranched alkanes of at least 4 members (excludes halogenated alkanes) is 1. The van der Waals surface area contributed by atoms with Gasteiger partial charge in [-0.2, -0.15) is 4.98 Å². The van der Waals surface area contributed by atoms with E-state index < -0.39 is 0 Å². The van der Waals surface area contributed by atoms with E-state index in [-0.39, 0.29) is 5.95 Å². The zero-order chi connectivity index (χ0) is 13.0. The van der Waals surface area contributed by atoms with Crippen LogP contribution in [0.1, 0.15) is 25.3 Å². The van der Waals surface area contributed by atoms with E-state index in [1.807, 2.05) is 30.3 Å². The van der Waals surface area contributed by atoms with Crippen molar-refractivity contribution in [2.45, 2.75) is 26.2 Å². The highest BCUT2D eigenvalue weighted by Gasteiger charge is 2.12. The molecule has 4 N–H and O–H groups in total. The molecule has 4 heteroatoms. The maximum Gasteiger partial charge on any atom is 0.222 e. The molecule has 0 aliphatic carbocycles. The molecule has 0 aliphatic rings. The molecule has 0 radical (unpaired) electrons. The largest absolute Gasteiger partial charge is 0.383 e. The topological polar surface area (TPSA) is 77.8 Å². The van der Waals surface area contributed by atoms with Crippen molar-refractivity contribution in [1.82, 2.24) is 9.97 Å². The molecule has 2 rings (SSSR count). The Morgan fingerprint density at radius 1 is 1.06 bits per heavy atom. The Hall–Kier alpha value is -2.10. The molecular weight excluding hydrogens is 224 g/mol. The Balaban J connectivity index is 2.50. The monoisotopic (exact) mass is 242 g/mol. The number of rotatable bonds is 4. The second-order valence-corrected chi connectivity index (χ2v) is 4.26. The molecule has 0 bridgehead atoms. The highest BCUT2D eigenvalue weighted by atomic mass is 15.0. The zero-order valence-corrected chi connectivity index (χ0v) is 10.6. The number of nitrogen functional groups attached to an aromatic ring is 2. The van der Waals surface area contributed by atoms with Gasteiger partial charge in [-0.3, -0.25) is 0 Å². The van der Waals surface area contributed by atoms with Crippen molar-refractivity contribution >= 4 is 11.8 Å². The van der Waals surface area contributed by atoms with Gasteiger partial charge in [0, 0.05) is 11.1 Å². The van der Waals surface area contributed by atoms with Gasteiger partial charge in [-0.15, -0.1) is 0 Å². The molecule has 0 spiro atoms. The van der Waals surface area contributed by atoms with Crippen molar-refractivity contribution in [1.29, 1.82) is 0 Å². The highest BCUT2D eigenvalue weighted by molar-refractivity contribution is 5.68. The van der Waals surface area contributed by atoms with Gasteiger partial charge in [-0.25, -0.2) is 4.98 Å². The third-order valence-electron chi connectivity index (χ3n) is 2.88. The summed E-state index contributed by atoms with van der Waals surface area (Å²) in [5.74, 6) is 0.724. The van der Waals surface area contributed by atoms with E-state index in [4.69, 9.17) is 11.5 Å². The third-order valence-corrected chi connectivity index (χ3v) is 2.88. The second kappa shape index (κ2) is 5.49. The summed E-state index contributed by atoms with van der Waals surface area (Å²) in [6, 6.07) is 9.96. The Labute approximate surface area is 107 Å². The molecule has 2 aromatic rings. The Morgan fingerprint density at radius 2 is 1.78 bits per heavy atom. The molecule has 0 saturated carbocycles. The maximum absolute atomic E-state index is 5.97. The highest BCUT2D eigenvalue weighted by Crippen LogP contribution is 2.27. The predicted molar refractivity (Wildman–Crippen MR) is 74.9 cm³/mol. The van der Waals surface area contributed by atoms with Crippen LogP contribution < -0.4 is 11.5 Å². The summed E-state index contributed by atoms with van der Waals surface area (Å²) in [5, 5.41) is 0. The summed E-state index contributed by atoms with van der Waals surface area (Å²) in [7, 11) is 0. The Bertz CT molecular complexity index is 523. The smallest absolute Gasteiger partial charge is 0.222 e. The van der Waals surface area contributed by atoms with Gasteiger partial charge >= 0.3 is 0 Å². The van der Waals surface area contributed by atoms with E-state index in [0.717, 1.165) is 36.1 Å². The molecule has 0 atom stereocenters. The summed E-state index contributed by atoms with van der Waals surface area (Å²) in [6.07, 6.45) is 3.06. The number of hydrogen-bond donors (Lipinski definition) is 2. The Kier molecular flexibility index (Phi) is 3.77. The van der Waals surface area contributed by atoms with Crippen LogP contribution in [-0.4, -0.2) is 9.97 Å². The molecule has 0 saturated heterocycles. The lowest BCUT2D eigenvalue weighted by Gasteiger charge is -2.11. The third kappa shape index (κ3) is 2.59. The first-order valence-corrected chi connectivity index (χ1v) is 6.19. The molecular formula is C14H18N4. The average Bonchev–Trinajstić information content (AvgIpc) is 2.38. The summed E-state index contributed by atoms with van der Waals surface area (Å²) < 4.78 is 0. The van der Waals surface area contributed by atoms with Crippen molar-refractivity contribution in [3.8, 4) is 11.3 Å². The quantitative estimate of drug-likeness (QED) is 0.864. The first-order valence-electron chi connectivity index (χ1n) is 6.19. The van der Waals surface area contributed by atoms with Crippen LogP contribution in [0, 0.1) is 0 Å². The molecule has 4 nitrogen and oxygen atoms in total. The minimum atomic E-state index is 0.228. The fourth-order valence-electron chi connectivity index (χ4n) is 1.95. The number of benzene rings is 1. The number of aromatic nitrogens is 2. The van der Waals surface area contributed by atoms with Gasteiger partial charge in [-0.05, 0) is 12.8 Å². The van der Waals surface area contributed by atoms with Crippen molar-refractivity contribution in [3.63, 3.8) is 0 Å². The molecule has 18 heavy (non-hydrogen) atoms. The van der Waals surface area contributed by atoms with Crippen LogP contribution in [-0.2, 0) is 6.42 Å². The SMILES string of the molecule is CCCCc1c(N)nc(N)nc1-c1ccccc1. The van der Waals surface area contributed by atoms with Crippen molar-refractivity contribution in [2.24, 2.45) is 0 Å². The molecule has 94 valence electrons. The molecule has 0 amide bonds. The van der Waals surface area contributed by atoms with Gasteiger partial charge in [-0.1, -0.05) is 43.7 Å². The van der Waals surface area contributed by atoms with Gasteiger partial charge in [0.05, 0.1) is 5.69 Å². The number of hydrogen-bond acceptors (Lipinski definition) is 4. The minimum absolute atomic E-state index is 0.228. The zero-order valence-electron chi connectivity index (χ0n) is 10.6. The number of anilines is 2. The molecule has 1 heterocycles. The van der Waals surface area contributed by atoms with Gasteiger partial charge in [0.2, 0.25) is 5.95 Å². The minimum Gasteiger partial charge on any atom is -0.383 e. The fraction of sp³-hybridized carbons (Fsp3) is 0.286. The van der Waals surface area contributed by atoms with E-state index in [1.165, 1.54) is 0 Å². The maximum atomic E-state index is 5.97. The van der Waals surface area contributed by atoms with E-state index in [1.54, 1.807) is 0 Å².